The Morgan fingerprint density at radius 3 is 2.89 bits per heavy atom. The molecule has 1 aromatic carbocycles. The third kappa shape index (κ3) is 3.66. The predicted octanol–water partition coefficient (Wildman–Crippen LogP) is 3.26. The Kier molecular flexibility index (Phi) is 4.30. The summed E-state index contributed by atoms with van der Waals surface area (Å²) in [4.78, 5) is 11.6. The lowest BCUT2D eigenvalue weighted by molar-refractivity contribution is 0.251. The van der Waals surface area contributed by atoms with E-state index in [1.807, 2.05) is 0 Å². The monoisotopic (exact) mass is 280 g/mol. The molecule has 1 heterocycles. The molecule has 19 heavy (non-hydrogen) atoms. The normalized spacial score (nSPS) is 10.0. The summed E-state index contributed by atoms with van der Waals surface area (Å²) >= 11 is 5.96. The molecule has 1 aromatic heterocycles. The number of benzene rings is 1. The summed E-state index contributed by atoms with van der Waals surface area (Å²) in [6.07, 6.45) is 3.13. The molecule has 0 aliphatic rings. The number of nitrogens with one attached hydrogen (secondary N) is 2. The Hall–Kier alpha value is -2.14. The van der Waals surface area contributed by atoms with Crippen molar-refractivity contribution in [2.75, 3.05) is 12.4 Å². The molecular weight excluding hydrogens is 268 g/mol. The summed E-state index contributed by atoms with van der Waals surface area (Å²) in [5.74, 6) is 0.561. The Morgan fingerprint density at radius 2 is 2.26 bits per heavy atom. The Morgan fingerprint density at radius 1 is 1.42 bits per heavy atom. The maximum Gasteiger partial charge on any atom is 0.319 e. The largest absolute Gasteiger partial charge is 0.495 e. The van der Waals surface area contributed by atoms with Crippen LogP contribution in [0.4, 0.5) is 10.5 Å². The highest BCUT2D eigenvalue weighted by atomic mass is 35.5. The number of rotatable bonds is 4. The van der Waals surface area contributed by atoms with Crippen molar-refractivity contribution in [3.63, 3.8) is 0 Å². The van der Waals surface area contributed by atoms with Gasteiger partial charge < -0.3 is 19.8 Å². The van der Waals surface area contributed by atoms with E-state index in [2.05, 4.69) is 10.6 Å². The van der Waals surface area contributed by atoms with Crippen molar-refractivity contribution in [1.82, 2.24) is 5.32 Å². The third-order valence-corrected chi connectivity index (χ3v) is 2.74. The van der Waals surface area contributed by atoms with Crippen LogP contribution >= 0.6 is 11.6 Å². The number of carbonyl (C=O) groups is 1. The quantitative estimate of drug-likeness (QED) is 0.903. The molecule has 0 bridgehead atoms. The van der Waals surface area contributed by atoms with Crippen molar-refractivity contribution >= 4 is 23.3 Å². The fourth-order valence-electron chi connectivity index (χ4n) is 1.50. The lowest BCUT2D eigenvalue weighted by Crippen LogP contribution is -2.27. The van der Waals surface area contributed by atoms with Crippen LogP contribution in [0.2, 0.25) is 5.02 Å². The van der Waals surface area contributed by atoms with E-state index < -0.39 is 0 Å². The topological polar surface area (TPSA) is 63.5 Å². The fraction of sp³-hybridized carbons (Fsp3) is 0.154. The van der Waals surface area contributed by atoms with Gasteiger partial charge in [0, 0.05) is 17.8 Å². The Labute approximate surface area is 115 Å². The number of hydrogen-bond acceptors (Lipinski definition) is 3. The van der Waals surface area contributed by atoms with Gasteiger partial charge in [0.15, 0.2) is 0 Å². The molecule has 2 amide bonds. The van der Waals surface area contributed by atoms with Crippen LogP contribution in [0, 0.1) is 0 Å². The standard InChI is InChI=1S/C13H13ClN2O3/c1-18-12-3-2-10(6-11(12)14)16-13(17)15-7-9-4-5-19-8-9/h2-6,8H,7H2,1H3,(H2,15,16,17). The molecule has 2 rings (SSSR count). The Balaban J connectivity index is 1.90. The second kappa shape index (κ2) is 6.15. The first kappa shape index (κ1) is 13.3. The zero-order chi connectivity index (χ0) is 13.7. The summed E-state index contributed by atoms with van der Waals surface area (Å²) in [5.41, 5.74) is 1.48. The van der Waals surface area contributed by atoms with Crippen molar-refractivity contribution < 1.29 is 13.9 Å². The molecule has 0 spiro atoms. The molecule has 5 nitrogen and oxygen atoms in total. The maximum atomic E-state index is 11.6. The molecule has 6 heteroatoms. The molecule has 0 saturated heterocycles. The highest BCUT2D eigenvalue weighted by Crippen LogP contribution is 2.27. The zero-order valence-electron chi connectivity index (χ0n) is 10.3. The summed E-state index contributed by atoms with van der Waals surface area (Å²) in [6.45, 7) is 0.395. The lowest BCUT2D eigenvalue weighted by Gasteiger charge is -2.08. The number of ether oxygens (including phenoxy) is 1. The predicted molar refractivity (Wildman–Crippen MR) is 72.6 cm³/mol. The molecule has 2 N–H and O–H groups in total. The fourth-order valence-corrected chi connectivity index (χ4v) is 1.75. The number of amides is 2. The number of carbonyl (C=O) groups excluding carboxylic acids is 1. The number of methoxy groups -OCH3 is 1. The molecular formula is C13H13ClN2O3. The van der Waals surface area contributed by atoms with Gasteiger partial charge in [-0.25, -0.2) is 4.79 Å². The first-order chi connectivity index (χ1) is 9.19. The van der Waals surface area contributed by atoms with E-state index in [0.717, 1.165) is 5.56 Å². The molecule has 2 aromatic rings. The van der Waals surface area contributed by atoms with Gasteiger partial charge in [0.25, 0.3) is 0 Å². The van der Waals surface area contributed by atoms with Crippen molar-refractivity contribution in [2.45, 2.75) is 6.54 Å². The van der Waals surface area contributed by atoms with Gasteiger partial charge in [-0.1, -0.05) is 11.6 Å². The van der Waals surface area contributed by atoms with Crippen molar-refractivity contribution in [1.29, 1.82) is 0 Å². The molecule has 0 unspecified atom stereocenters. The highest BCUT2D eigenvalue weighted by Gasteiger charge is 2.05. The highest BCUT2D eigenvalue weighted by molar-refractivity contribution is 6.32. The van der Waals surface area contributed by atoms with Gasteiger partial charge in [-0.15, -0.1) is 0 Å². The van der Waals surface area contributed by atoms with Crippen molar-refractivity contribution in [2.24, 2.45) is 0 Å². The second-order valence-corrected chi connectivity index (χ2v) is 4.20. The minimum absolute atomic E-state index is 0.317. The van der Waals surface area contributed by atoms with Gasteiger partial charge in [-0.2, -0.15) is 0 Å². The first-order valence-corrected chi connectivity index (χ1v) is 5.96. The van der Waals surface area contributed by atoms with E-state index in [0.29, 0.717) is 23.0 Å². The molecule has 0 saturated carbocycles. The number of furan rings is 1. The third-order valence-electron chi connectivity index (χ3n) is 2.44. The Bertz CT molecular complexity index is 555. The van der Waals surface area contributed by atoms with Crippen LogP contribution in [-0.2, 0) is 6.54 Å². The molecule has 0 atom stereocenters. The van der Waals surface area contributed by atoms with Gasteiger partial charge in [0.05, 0.1) is 24.7 Å². The van der Waals surface area contributed by atoms with Gasteiger partial charge in [0.2, 0.25) is 0 Å². The first-order valence-electron chi connectivity index (χ1n) is 5.58. The van der Waals surface area contributed by atoms with Crippen LogP contribution in [0.15, 0.2) is 41.2 Å². The molecule has 100 valence electrons. The number of anilines is 1. The van der Waals surface area contributed by atoms with Gasteiger partial charge in [-0.05, 0) is 24.3 Å². The van der Waals surface area contributed by atoms with Crippen molar-refractivity contribution in [3.05, 3.63) is 47.4 Å². The van der Waals surface area contributed by atoms with Crippen molar-refractivity contribution in [3.8, 4) is 5.75 Å². The summed E-state index contributed by atoms with van der Waals surface area (Å²) in [6, 6.07) is 6.49. The lowest BCUT2D eigenvalue weighted by atomic mass is 10.3. The second-order valence-electron chi connectivity index (χ2n) is 3.79. The molecule has 0 aliphatic heterocycles. The molecule has 0 fully saturated rings. The van der Waals surface area contributed by atoms with E-state index in [1.165, 1.54) is 7.11 Å². The van der Waals surface area contributed by atoms with E-state index in [-0.39, 0.29) is 6.03 Å². The summed E-state index contributed by atoms with van der Waals surface area (Å²) in [5, 5.41) is 5.81. The number of hydrogen-bond donors (Lipinski definition) is 2. The zero-order valence-corrected chi connectivity index (χ0v) is 11.0. The average Bonchev–Trinajstić information content (AvgIpc) is 2.90. The van der Waals surface area contributed by atoms with E-state index in [9.17, 15) is 4.79 Å². The summed E-state index contributed by atoms with van der Waals surface area (Å²) in [7, 11) is 1.53. The van der Waals surface area contributed by atoms with Crippen LogP contribution in [-0.4, -0.2) is 13.1 Å². The maximum absolute atomic E-state index is 11.6. The number of halogens is 1. The van der Waals surface area contributed by atoms with Crippen LogP contribution in [0.1, 0.15) is 5.56 Å². The minimum Gasteiger partial charge on any atom is -0.495 e. The minimum atomic E-state index is -0.317. The van der Waals surface area contributed by atoms with E-state index in [4.69, 9.17) is 20.8 Å². The van der Waals surface area contributed by atoms with Crippen LogP contribution < -0.4 is 15.4 Å². The van der Waals surface area contributed by atoms with E-state index in [1.54, 1.807) is 36.8 Å². The average molecular weight is 281 g/mol. The summed E-state index contributed by atoms with van der Waals surface area (Å²) < 4.78 is 9.93. The molecule has 0 aliphatic carbocycles. The van der Waals surface area contributed by atoms with Crippen LogP contribution in [0.25, 0.3) is 0 Å². The van der Waals surface area contributed by atoms with Crippen LogP contribution in [0.5, 0.6) is 5.75 Å². The van der Waals surface area contributed by atoms with Crippen LogP contribution in [0.3, 0.4) is 0 Å². The SMILES string of the molecule is COc1ccc(NC(=O)NCc2ccoc2)cc1Cl. The number of urea groups is 1. The molecule has 0 radical (unpaired) electrons. The van der Waals surface area contributed by atoms with Gasteiger partial charge >= 0.3 is 6.03 Å². The van der Waals surface area contributed by atoms with E-state index >= 15 is 0 Å². The smallest absolute Gasteiger partial charge is 0.319 e. The van der Waals surface area contributed by atoms with Gasteiger partial charge in [0.1, 0.15) is 5.75 Å². The van der Waals surface area contributed by atoms with Gasteiger partial charge in [-0.3, -0.25) is 0 Å².